The molecule has 0 saturated carbocycles. The number of nitrogens with one attached hydrogen (secondary N) is 2. The number of carbonyl (C=O) groups is 3. The lowest BCUT2D eigenvalue weighted by Gasteiger charge is -2.14. The predicted octanol–water partition coefficient (Wildman–Crippen LogP) is 4.00. The third kappa shape index (κ3) is 4.15. The molecular weight excluding hydrogens is 415 g/mol. The van der Waals surface area contributed by atoms with Crippen molar-refractivity contribution in [1.82, 2.24) is 5.32 Å². The topological polar surface area (TPSA) is 105 Å². The Hall–Kier alpha value is -4.20. The minimum absolute atomic E-state index is 0.0918. The minimum atomic E-state index is -1.51. The van der Waals surface area contributed by atoms with Gasteiger partial charge >= 0.3 is 12.1 Å². The van der Waals surface area contributed by atoms with Crippen molar-refractivity contribution in [2.75, 3.05) is 18.5 Å². The summed E-state index contributed by atoms with van der Waals surface area (Å²) in [6, 6.07) is 19.3. The number of alkyl carbamates (subject to hydrolysis) is 1. The molecule has 4 rings (SSSR count). The van der Waals surface area contributed by atoms with Gasteiger partial charge in [-0.05, 0) is 34.4 Å². The quantitative estimate of drug-likeness (QED) is 0.544. The number of ether oxygens (including phenoxy) is 1. The number of hydrogen-bond donors (Lipinski definition) is 3. The largest absolute Gasteiger partial charge is 0.478 e. The average molecular weight is 434 g/mol. The molecule has 0 spiro atoms. The van der Waals surface area contributed by atoms with Gasteiger partial charge in [0.05, 0.1) is 5.69 Å². The molecule has 3 aromatic rings. The molecule has 162 valence electrons. The molecule has 32 heavy (non-hydrogen) atoms. The van der Waals surface area contributed by atoms with Crippen LogP contribution < -0.4 is 10.6 Å². The van der Waals surface area contributed by atoms with Crippen LogP contribution in [0.3, 0.4) is 0 Å². The second-order valence-electron chi connectivity index (χ2n) is 7.19. The molecule has 0 atom stereocenters. The van der Waals surface area contributed by atoms with Gasteiger partial charge in [-0.25, -0.2) is 14.0 Å². The predicted molar refractivity (Wildman–Crippen MR) is 115 cm³/mol. The summed E-state index contributed by atoms with van der Waals surface area (Å²) < 4.78 is 19.0. The lowest BCUT2D eigenvalue weighted by Crippen LogP contribution is -2.34. The smallest absolute Gasteiger partial charge is 0.407 e. The van der Waals surface area contributed by atoms with E-state index in [0.29, 0.717) is 0 Å². The summed E-state index contributed by atoms with van der Waals surface area (Å²) in [5, 5.41) is 13.7. The highest BCUT2D eigenvalue weighted by atomic mass is 19.1. The molecule has 0 radical (unpaired) electrons. The molecule has 0 aromatic heterocycles. The number of benzene rings is 3. The summed E-state index contributed by atoms with van der Waals surface area (Å²) in [5.41, 5.74) is 3.47. The first-order valence-corrected chi connectivity index (χ1v) is 9.86. The van der Waals surface area contributed by atoms with Crippen molar-refractivity contribution >= 4 is 23.7 Å². The van der Waals surface area contributed by atoms with Crippen LogP contribution >= 0.6 is 0 Å². The Labute approximate surface area is 182 Å². The van der Waals surface area contributed by atoms with Crippen molar-refractivity contribution < 1.29 is 28.6 Å². The first-order chi connectivity index (χ1) is 15.5. The van der Waals surface area contributed by atoms with Crippen LogP contribution in [0, 0.1) is 5.82 Å². The van der Waals surface area contributed by atoms with E-state index in [0.717, 1.165) is 28.3 Å². The van der Waals surface area contributed by atoms with Gasteiger partial charge in [0.15, 0.2) is 0 Å². The summed E-state index contributed by atoms with van der Waals surface area (Å²) in [6.07, 6.45) is -0.792. The molecule has 0 unspecified atom stereocenters. The zero-order valence-electron chi connectivity index (χ0n) is 16.8. The summed E-state index contributed by atoms with van der Waals surface area (Å²) in [6.45, 7) is -0.374. The van der Waals surface area contributed by atoms with Crippen molar-refractivity contribution in [1.29, 1.82) is 0 Å². The van der Waals surface area contributed by atoms with E-state index in [2.05, 4.69) is 10.6 Å². The molecule has 0 saturated heterocycles. The number of fused-ring (bicyclic) bond motifs is 3. The maximum Gasteiger partial charge on any atom is 0.407 e. The van der Waals surface area contributed by atoms with Crippen LogP contribution in [0.4, 0.5) is 14.9 Å². The molecule has 0 fully saturated rings. The maximum atomic E-state index is 13.7. The highest BCUT2D eigenvalue weighted by Gasteiger charge is 2.29. The van der Waals surface area contributed by atoms with Crippen molar-refractivity contribution in [2.24, 2.45) is 0 Å². The molecule has 7 nitrogen and oxygen atoms in total. The summed E-state index contributed by atoms with van der Waals surface area (Å²) in [5.74, 6) is -3.32. The van der Waals surface area contributed by atoms with Crippen LogP contribution in [-0.4, -0.2) is 36.2 Å². The minimum Gasteiger partial charge on any atom is -0.478 e. The van der Waals surface area contributed by atoms with Gasteiger partial charge in [-0.15, -0.1) is 0 Å². The van der Waals surface area contributed by atoms with Crippen LogP contribution in [0.1, 0.15) is 27.4 Å². The number of carboxylic acid groups (broad SMARTS) is 1. The van der Waals surface area contributed by atoms with E-state index in [4.69, 9.17) is 9.84 Å². The Balaban J connectivity index is 1.34. The first kappa shape index (κ1) is 21.0. The molecule has 3 aromatic carbocycles. The van der Waals surface area contributed by atoms with Crippen LogP contribution in [0.5, 0.6) is 0 Å². The third-order valence-electron chi connectivity index (χ3n) is 5.24. The number of carbonyl (C=O) groups excluding carboxylic acids is 2. The molecule has 2 amide bonds. The average Bonchev–Trinajstić information content (AvgIpc) is 3.10. The van der Waals surface area contributed by atoms with Gasteiger partial charge in [-0.3, -0.25) is 4.79 Å². The van der Waals surface area contributed by atoms with E-state index < -0.39 is 35.9 Å². The van der Waals surface area contributed by atoms with Crippen molar-refractivity contribution in [2.45, 2.75) is 5.92 Å². The Morgan fingerprint density at radius 1 is 0.906 bits per heavy atom. The van der Waals surface area contributed by atoms with E-state index in [9.17, 15) is 18.8 Å². The summed E-state index contributed by atoms with van der Waals surface area (Å²) >= 11 is 0. The standard InChI is InChI=1S/C24H19FN2O5/c25-19-10-5-11-20(22(19)23(29)30)27-21(28)12-26-24(31)32-13-18-16-8-3-1-6-14(16)15-7-2-4-9-17(15)18/h1-11,18H,12-13H2,(H,26,31)(H,27,28)(H,29,30). The van der Waals surface area contributed by atoms with Crippen LogP contribution in [0.2, 0.25) is 0 Å². The van der Waals surface area contributed by atoms with Gasteiger partial charge in [0.1, 0.15) is 24.5 Å². The fourth-order valence-electron chi connectivity index (χ4n) is 3.84. The van der Waals surface area contributed by atoms with Crippen molar-refractivity contribution in [3.8, 4) is 11.1 Å². The second-order valence-corrected chi connectivity index (χ2v) is 7.19. The van der Waals surface area contributed by atoms with E-state index in [-0.39, 0.29) is 18.2 Å². The number of carboxylic acids is 1. The lowest BCUT2D eigenvalue weighted by atomic mass is 9.98. The molecule has 1 aliphatic carbocycles. The second kappa shape index (κ2) is 8.89. The third-order valence-corrected chi connectivity index (χ3v) is 5.24. The van der Waals surface area contributed by atoms with Gasteiger partial charge < -0.3 is 20.5 Å². The molecule has 0 aliphatic heterocycles. The van der Waals surface area contributed by atoms with Gasteiger partial charge in [0, 0.05) is 5.92 Å². The van der Waals surface area contributed by atoms with Gasteiger partial charge in [-0.2, -0.15) is 0 Å². The molecule has 3 N–H and O–H groups in total. The number of anilines is 1. The first-order valence-electron chi connectivity index (χ1n) is 9.86. The summed E-state index contributed by atoms with van der Waals surface area (Å²) in [7, 11) is 0. The Morgan fingerprint density at radius 3 is 2.16 bits per heavy atom. The van der Waals surface area contributed by atoms with Gasteiger partial charge in [0.2, 0.25) is 5.91 Å². The van der Waals surface area contributed by atoms with Crippen LogP contribution in [0.15, 0.2) is 66.7 Å². The number of amides is 2. The van der Waals surface area contributed by atoms with Crippen LogP contribution in [-0.2, 0) is 9.53 Å². The molecule has 0 heterocycles. The number of halogens is 1. The number of aromatic carboxylic acids is 1. The monoisotopic (exact) mass is 434 g/mol. The highest BCUT2D eigenvalue weighted by Crippen LogP contribution is 2.44. The van der Waals surface area contributed by atoms with Crippen LogP contribution in [0.25, 0.3) is 11.1 Å². The van der Waals surface area contributed by atoms with Gasteiger partial charge in [-0.1, -0.05) is 54.6 Å². The molecule has 8 heteroatoms. The van der Waals surface area contributed by atoms with E-state index >= 15 is 0 Å². The SMILES string of the molecule is O=C(CNC(=O)OCC1c2ccccc2-c2ccccc21)Nc1cccc(F)c1C(=O)O. The summed E-state index contributed by atoms with van der Waals surface area (Å²) in [4.78, 5) is 35.4. The van der Waals surface area contributed by atoms with E-state index in [1.807, 2.05) is 48.5 Å². The Kier molecular flexibility index (Phi) is 5.85. The maximum absolute atomic E-state index is 13.7. The fourth-order valence-corrected chi connectivity index (χ4v) is 3.84. The number of hydrogen-bond acceptors (Lipinski definition) is 4. The highest BCUT2D eigenvalue weighted by molar-refractivity contribution is 6.01. The van der Waals surface area contributed by atoms with E-state index in [1.54, 1.807) is 0 Å². The zero-order valence-corrected chi connectivity index (χ0v) is 16.8. The van der Waals surface area contributed by atoms with Gasteiger partial charge in [0.25, 0.3) is 0 Å². The molecule has 0 bridgehead atoms. The fraction of sp³-hybridized carbons (Fsp3) is 0.125. The zero-order chi connectivity index (χ0) is 22.7. The number of rotatable bonds is 6. The molecule has 1 aliphatic rings. The van der Waals surface area contributed by atoms with E-state index in [1.165, 1.54) is 12.1 Å². The Morgan fingerprint density at radius 2 is 1.53 bits per heavy atom. The molecular formula is C24H19FN2O5. The van der Waals surface area contributed by atoms with Crippen molar-refractivity contribution in [3.63, 3.8) is 0 Å². The van der Waals surface area contributed by atoms with Crippen molar-refractivity contribution in [3.05, 3.63) is 89.2 Å². The lowest BCUT2D eigenvalue weighted by molar-refractivity contribution is -0.115. The normalized spacial score (nSPS) is 11.9. The Bertz CT molecular complexity index is 1160.